The van der Waals surface area contributed by atoms with E-state index in [1.807, 2.05) is 24.0 Å². The number of rotatable bonds is 10. The standard InChI is InChI=1S/C42H51F3N8O3/c1-4-33(54)53-24-41(25-53)12-15-51(16-13-41)38-30-21-29(28-6-7-28)35(34-27(2)5-8-32-31(34)22-46-49-32)37(56-26-42(43,44)45)36(30)47-39(48-38)52-17-10-40(11-18-52)9-14-50(23-40)19-20-55-3/h4-5,8,21-22,28H,1,6-7,9-20,23-26H2,2-3H3,(H,46,49). The maximum atomic E-state index is 14.2. The Bertz CT molecular complexity index is 2140. The molecule has 56 heavy (non-hydrogen) atoms. The molecule has 2 aromatic heterocycles. The van der Waals surface area contributed by atoms with E-state index in [9.17, 15) is 18.0 Å². The van der Waals surface area contributed by atoms with Gasteiger partial charge in [0.05, 0.1) is 18.3 Å². The summed E-state index contributed by atoms with van der Waals surface area (Å²) in [4.78, 5) is 31.7. The Morgan fingerprint density at radius 1 is 0.964 bits per heavy atom. The molecule has 0 bridgehead atoms. The van der Waals surface area contributed by atoms with Gasteiger partial charge in [-0.3, -0.25) is 9.89 Å². The van der Waals surface area contributed by atoms with Gasteiger partial charge in [-0.05, 0) is 105 Å². The number of carbonyl (C=O) groups is 1. The van der Waals surface area contributed by atoms with Gasteiger partial charge in [0.2, 0.25) is 11.9 Å². The zero-order valence-electron chi connectivity index (χ0n) is 32.4. The molecule has 298 valence electrons. The molecule has 0 unspecified atom stereocenters. The summed E-state index contributed by atoms with van der Waals surface area (Å²) in [5.74, 6) is 1.58. The van der Waals surface area contributed by atoms with Crippen molar-refractivity contribution in [3.05, 3.63) is 48.2 Å². The molecule has 6 heterocycles. The molecule has 1 saturated carbocycles. The molecule has 11 nitrogen and oxygen atoms in total. The van der Waals surface area contributed by atoms with Gasteiger partial charge in [0.1, 0.15) is 11.3 Å². The summed E-state index contributed by atoms with van der Waals surface area (Å²) in [7, 11) is 1.74. The van der Waals surface area contributed by atoms with Crippen LogP contribution in [0.25, 0.3) is 32.9 Å². The monoisotopic (exact) mass is 772 g/mol. The lowest BCUT2D eigenvalue weighted by Gasteiger charge is -2.54. The van der Waals surface area contributed by atoms with Gasteiger partial charge in [-0.1, -0.05) is 12.6 Å². The normalized spacial score (nSPS) is 21.1. The minimum atomic E-state index is -4.56. The second-order valence-electron chi connectivity index (χ2n) is 17.1. The average Bonchev–Trinajstić information content (AvgIpc) is 3.79. The molecule has 5 fully saturated rings. The van der Waals surface area contributed by atoms with E-state index in [2.05, 4.69) is 37.5 Å². The van der Waals surface area contributed by atoms with Crippen molar-refractivity contribution >= 4 is 39.5 Å². The Kier molecular flexibility index (Phi) is 9.42. The highest BCUT2D eigenvalue weighted by molar-refractivity contribution is 6.06. The van der Waals surface area contributed by atoms with Gasteiger partial charge >= 0.3 is 6.18 Å². The van der Waals surface area contributed by atoms with Crippen LogP contribution in [0.2, 0.25) is 0 Å². The molecule has 4 saturated heterocycles. The molecule has 1 aliphatic carbocycles. The number of alkyl halides is 3. The molecule has 9 rings (SSSR count). The highest BCUT2D eigenvalue weighted by atomic mass is 19.4. The van der Waals surface area contributed by atoms with Crippen LogP contribution in [-0.4, -0.2) is 121 Å². The number of ether oxygens (including phenoxy) is 2. The summed E-state index contributed by atoms with van der Waals surface area (Å²) < 4.78 is 54.0. The van der Waals surface area contributed by atoms with Crippen LogP contribution in [0.4, 0.5) is 24.9 Å². The minimum absolute atomic E-state index is 0.0377. The number of nitrogens with zero attached hydrogens (tertiary/aromatic N) is 7. The minimum Gasteiger partial charge on any atom is -0.481 e. The Morgan fingerprint density at radius 3 is 2.38 bits per heavy atom. The zero-order valence-corrected chi connectivity index (χ0v) is 32.4. The van der Waals surface area contributed by atoms with Crippen LogP contribution in [0.1, 0.15) is 62.0 Å². The molecular formula is C42H51F3N8O3. The second-order valence-corrected chi connectivity index (χ2v) is 17.1. The van der Waals surface area contributed by atoms with Gasteiger partial charge in [0.25, 0.3) is 0 Å². The Hall–Kier alpha value is -4.43. The number of likely N-dealkylation sites (tertiary alicyclic amines) is 2. The van der Waals surface area contributed by atoms with Crippen LogP contribution in [0, 0.1) is 17.8 Å². The lowest BCUT2D eigenvalue weighted by Crippen LogP contribution is -2.61. The van der Waals surface area contributed by atoms with Crippen LogP contribution in [0.5, 0.6) is 5.75 Å². The molecular weight excluding hydrogens is 722 g/mol. The van der Waals surface area contributed by atoms with E-state index in [-0.39, 0.29) is 28.4 Å². The first kappa shape index (κ1) is 37.2. The zero-order chi connectivity index (χ0) is 38.8. The predicted molar refractivity (Wildman–Crippen MR) is 210 cm³/mol. The number of nitrogens with one attached hydrogen (secondary N) is 1. The largest absolute Gasteiger partial charge is 0.481 e. The molecule has 2 aromatic carbocycles. The molecule has 4 aliphatic heterocycles. The quantitative estimate of drug-likeness (QED) is 0.174. The first-order valence-corrected chi connectivity index (χ1v) is 20.1. The van der Waals surface area contributed by atoms with Gasteiger partial charge < -0.3 is 29.1 Å². The molecule has 2 spiro atoms. The number of H-pyrrole nitrogens is 1. The number of methoxy groups -OCH3 is 1. The summed E-state index contributed by atoms with van der Waals surface area (Å²) in [6.07, 6.45) is 5.34. The van der Waals surface area contributed by atoms with Crippen LogP contribution >= 0.6 is 0 Å². The van der Waals surface area contributed by atoms with Crippen molar-refractivity contribution in [3.8, 4) is 16.9 Å². The third kappa shape index (κ3) is 6.86. The first-order chi connectivity index (χ1) is 27.0. The maximum absolute atomic E-state index is 14.2. The van der Waals surface area contributed by atoms with Crippen LogP contribution in [-0.2, 0) is 9.53 Å². The highest BCUT2D eigenvalue weighted by Crippen LogP contribution is 2.54. The highest BCUT2D eigenvalue weighted by Gasteiger charge is 2.47. The van der Waals surface area contributed by atoms with Gasteiger partial charge in [-0.25, -0.2) is 4.98 Å². The van der Waals surface area contributed by atoms with Gasteiger partial charge in [0.15, 0.2) is 12.4 Å². The number of benzene rings is 2. The number of carbonyl (C=O) groups excluding carboxylic acids is 1. The van der Waals surface area contributed by atoms with Crippen molar-refractivity contribution in [1.29, 1.82) is 0 Å². The summed E-state index contributed by atoms with van der Waals surface area (Å²) in [5, 5.41) is 8.93. The average molecular weight is 773 g/mol. The number of amides is 1. The molecule has 5 aliphatic rings. The van der Waals surface area contributed by atoms with Gasteiger partial charge in [-0.2, -0.15) is 23.3 Å². The molecule has 4 aromatic rings. The van der Waals surface area contributed by atoms with Crippen molar-refractivity contribution in [2.75, 3.05) is 89.0 Å². The number of piperidine rings is 2. The number of fused-ring (bicyclic) bond motifs is 2. The Balaban J connectivity index is 1.16. The third-order valence-electron chi connectivity index (χ3n) is 13.3. The SMILES string of the molecule is C=CC(=O)N1CC2(CCN(c3nc(N4CCC5(CCN(CCOC)C5)CC4)nc4c(OCC(F)(F)F)c(-c5c(C)ccc6[nH]ncc56)c(C5CC5)cc34)CC2)C1. The second kappa shape index (κ2) is 14.2. The topological polar surface area (TPSA) is 103 Å². The maximum Gasteiger partial charge on any atom is 0.422 e. The lowest BCUT2D eigenvalue weighted by molar-refractivity contribution is -0.153. The third-order valence-corrected chi connectivity index (χ3v) is 13.3. The van der Waals surface area contributed by atoms with E-state index in [0.717, 1.165) is 136 Å². The molecule has 0 radical (unpaired) electrons. The van der Waals surface area contributed by atoms with Crippen LogP contribution in [0.3, 0.4) is 0 Å². The van der Waals surface area contributed by atoms with E-state index < -0.39 is 12.8 Å². The number of aromatic amines is 1. The molecule has 14 heteroatoms. The van der Waals surface area contributed by atoms with E-state index in [1.165, 1.54) is 6.08 Å². The number of anilines is 2. The number of aromatic nitrogens is 4. The summed E-state index contributed by atoms with van der Waals surface area (Å²) in [6.45, 7) is 12.3. The predicted octanol–water partition coefficient (Wildman–Crippen LogP) is 6.85. The number of halogens is 3. The summed E-state index contributed by atoms with van der Waals surface area (Å²) >= 11 is 0. The first-order valence-electron chi connectivity index (χ1n) is 20.1. The number of hydrogen-bond acceptors (Lipinski definition) is 9. The van der Waals surface area contributed by atoms with E-state index in [4.69, 9.17) is 19.4 Å². The smallest absolute Gasteiger partial charge is 0.422 e. The molecule has 1 amide bonds. The fourth-order valence-electron chi connectivity index (χ4n) is 9.92. The summed E-state index contributed by atoms with van der Waals surface area (Å²) in [5.41, 5.74) is 4.87. The van der Waals surface area contributed by atoms with Crippen LogP contribution < -0.4 is 14.5 Å². The fourth-order valence-corrected chi connectivity index (χ4v) is 9.92. The van der Waals surface area contributed by atoms with Gasteiger partial charge in [-0.15, -0.1) is 0 Å². The fraction of sp³-hybridized carbons (Fsp3) is 0.571. The van der Waals surface area contributed by atoms with E-state index in [1.54, 1.807) is 13.3 Å². The molecule has 1 N–H and O–H groups in total. The molecule has 0 atom stereocenters. The lowest BCUT2D eigenvalue weighted by atomic mass is 9.72. The van der Waals surface area contributed by atoms with Crippen molar-refractivity contribution in [3.63, 3.8) is 0 Å². The van der Waals surface area contributed by atoms with Crippen molar-refractivity contribution in [2.24, 2.45) is 10.8 Å². The Labute approximate surface area is 325 Å². The van der Waals surface area contributed by atoms with E-state index >= 15 is 0 Å². The van der Waals surface area contributed by atoms with Crippen molar-refractivity contribution in [2.45, 2.75) is 64.0 Å². The number of hydrogen-bond donors (Lipinski definition) is 1. The van der Waals surface area contributed by atoms with Crippen LogP contribution in [0.15, 0.2) is 37.1 Å². The summed E-state index contributed by atoms with van der Waals surface area (Å²) in [6, 6.07) is 6.09. The van der Waals surface area contributed by atoms with E-state index in [0.29, 0.717) is 30.1 Å². The van der Waals surface area contributed by atoms with Crippen molar-refractivity contribution < 1.29 is 27.4 Å². The van der Waals surface area contributed by atoms with Gasteiger partial charge in [0, 0.05) is 81.2 Å². The number of aryl methyl sites for hydroxylation is 1. The van der Waals surface area contributed by atoms with Crippen molar-refractivity contribution in [1.82, 2.24) is 30.0 Å². The Morgan fingerprint density at radius 2 is 1.68 bits per heavy atom.